The van der Waals surface area contributed by atoms with E-state index in [1.807, 2.05) is 0 Å². The SMILES string of the molecule is O=C1NN(c2ccc(Br)cc2)C(=O)/C1=C\c1cccc([N+](=O)[O-])c1O. The normalized spacial score (nSPS) is 15.6. The molecule has 0 aliphatic carbocycles. The van der Waals surface area contributed by atoms with Crippen molar-refractivity contribution in [2.75, 3.05) is 5.01 Å². The highest BCUT2D eigenvalue weighted by atomic mass is 79.9. The van der Waals surface area contributed by atoms with E-state index in [4.69, 9.17) is 0 Å². The standard InChI is InChI=1S/C16H10BrN3O5/c17-10-4-6-11(7-5-10)19-16(23)12(15(22)18-19)8-9-2-1-3-13(14(9)21)20(24)25/h1-8,21H,(H,18,22)/b12-8-. The Hall–Kier alpha value is -3.20. The number of nitrogens with zero attached hydrogens (tertiary/aromatic N) is 2. The van der Waals surface area contributed by atoms with Gasteiger partial charge in [-0.15, -0.1) is 0 Å². The van der Waals surface area contributed by atoms with E-state index in [-0.39, 0.29) is 11.1 Å². The minimum Gasteiger partial charge on any atom is -0.502 e. The van der Waals surface area contributed by atoms with Crippen molar-refractivity contribution in [1.29, 1.82) is 0 Å². The predicted molar refractivity (Wildman–Crippen MR) is 92.5 cm³/mol. The highest BCUT2D eigenvalue weighted by Crippen LogP contribution is 2.32. The lowest BCUT2D eigenvalue weighted by atomic mass is 10.1. The number of nitro benzene ring substituents is 1. The number of hydrogen-bond donors (Lipinski definition) is 2. The van der Waals surface area contributed by atoms with Gasteiger partial charge in [0.05, 0.1) is 10.6 Å². The fraction of sp³-hybridized carbons (Fsp3) is 0. The summed E-state index contributed by atoms with van der Waals surface area (Å²) in [4.78, 5) is 34.7. The highest BCUT2D eigenvalue weighted by molar-refractivity contribution is 9.10. The zero-order valence-electron chi connectivity index (χ0n) is 12.5. The summed E-state index contributed by atoms with van der Waals surface area (Å²) in [5, 5.41) is 21.9. The second kappa shape index (κ2) is 6.36. The number of carbonyl (C=O) groups excluding carboxylic acids is 2. The van der Waals surface area contributed by atoms with Crippen molar-refractivity contribution in [2.24, 2.45) is 0 Å². The highest BCUT2D eigenvalue weighted by Gasteiger charge is 2.34. The lowest BCUT2D eigenvalue weighted by molar-refractivity contribution is -0.385. The molecule has 0 bridgehead atoms. The quantitative estimate of drug-likeness (QED) is 0.353. The zero-order valence-corrected chi connectivity index (χ0v) is 14.1. The Bertz CT molecular complexity index is 924. The summed E-state index contributed by atoms with van der Waals surface area (Å²) in [5.74, 6) is -1.90. The molecule has 1 aliphatic rings. The van der Waals surface area contributed by atoms with Crippen LogP contribution in [0.15, 0.2) is 52.5 Å². The molecule has 3 rings (SSSR count). The van der Waals surface area contributed by atoms with Gasteiger partial charge in [0, 0.05) is 16.1 Å². The van der Waals surface area contributed by atoms with E-state index in [1.165, 1.54) is 12.1 Å². The van der Waals surface area contributed by atoms with Crippen LogP contribution in [0.2, 0.25) is 0 Å². The molecule has 25 heavy (non-hydrogen) atoms. The minimum absolute atomic E-state index is 0.00496. The molecule has 2 amide bonds. The van der Waals surface area contributed by atoms with Gasteiger partial charge in [-0.1, -0.05) is 28.1 Å². The van der Waals surface area contributed by atoms with Gasteiger partial charge in [0.15, 0.2) is 0 Å². The number of hydrazine groups is 1. The van der Waals surface area contributed by atoms with Crippen LogP contribution in [0.3, 0.4) is 0 Å². The van der Waals surface area contributed by atoms with Crippen LogP contribution in [0, 0.1) is 10.1 Å². The van der Waals surface area contributed by atoms with E-state index in [2.05, 4.69) is 21.4 Å². The molecule has 1 fully saturated rings. The molecule has 0 saturated carbocycles. The number of carbonyl (C=O) groups is 2. The van der Waals surface area contributed by atoms with Crippen LogP contribution in [-0.2, 0) is 9.59 Å². The minimum atomic E-state index is -0.748. The second-order valence-corrected chi connectivity index (χ2v) is 6.00. The van der Waals surface area contributed by atoms with Crippen LogP contribution < -0.4 is 10.4 Å². The molecule has 2 aromatic rings. The van der Waals surface area contributed by atoms with Crippen LogP contribution >= 0.6 is 15.9 Å². The van der Waals surface area contributed by atoms with Crippen LogP contribution in [-0.4, -0.2) is 21.8 Å². The molecule has 8 nitrogen and oxygen atoms in total. The second-order valence-electron chi connectivity index (χ2n) is 5.09. The summed E-state index contributed by atoms with van der Waals surface area (Å²) < 4.78 is 0.812. The number of rotatable bonds is 3. The maximum Gasteiger partial charge on any atom is 0.311 e. The molecule has 0 unspecified atom stereocenters. The van der Waals surface area contributed by atoms with Crippen molar-refractivity contribution in [3.05, 3.63) is 68.2 Å². The fourth-order valence-corrected chi connectivity index (χ4v) is 2.56. The molecular formula is C16H10BrN3O5. The molecule has 9 heteroatoms. The zero-order chi connectivity index (χ0) is 18.1. The van der Waals surface area contributed by atoms with Gasteiger partial charge in [-0.2, -0.15) is 0 Å². The van der Waals surface area contributed by atoms with Crippen LogP contribution in [0.5, 0.6) is 5.75 Å². The van der Waals surface area contributed by atoms with Crippen LogP contribution in [0.25, 0.3) is 6.08 Å². The summed E-state index contributed by atoms with van der Waals surface area (Å²) in [7, 11) is 0. The molecule has 1 heterocycles. The Morgan fingerprint density at radius 1 is 1.16 bits per heavy atom. The van der Waals surface area contributed by atoms with Gasteiger partial charge in [0.2, 0.25) is 5.75 Å². The lowest BCUT2D eigenvalue weighted by Crippen LogP contribution is -2.35. The first kappa shape index (κ1) is 16.7. The van der Waals surface area contributed by atoms with Crippen molar-refractivity contribution >= 4 is 45.2 Å². The number of amides is 2. The third-order valence-corrected chi connectivity index (χ3v) is 4.05. The van der Waals surface area contributed by atoms with Crippen molar-refractivity contribution in [1.82, 2.24) is 5.43 Å². The van der Waals surface area contributed by atoms with E-state index in [0.29, 0.717) is 5.69 Å². The number of nitro groups is 1. The summed E-state index contributed by atoms with van der Waals surface area (Å²) in [6.45, 7) is 0. The first-order valence-corrected chi connectivity index (χ1v) is 7.77. The van der Waals surface area contributed by atoms with Gasteiger partial charge in [0.25, 0.3) is 11.8 Å². The van der Waals surface area contributed by atoms with Gasteiger partial charge in [-0.3, -0.25) is 25.1 Å². The first-order chi connectivity index (χ1) is 11.9. The lowest BCUT2D eigenvalue weighted by Gasteiger charge is -2.14. The van der Waals surface area contributed by atoms with Gasteiger partial charge in [-0.25, -0.2) is 5.01 Å². The number of para-hydroxylation sites is 1. The molecule has 1 saturated heterocycles. The van der Waals surface area contributed by atoms with E-state index in [0.717, 1.165) is 21.6 Å². The number of nitrogens with one attached hydrogen (secondary N) is 1. The number of anilines is 1. The number of aromatic hydroxyl groups is 1. The van der Waals surface area contributed by atoms with Crippen molar-refractivity contribution < 1.29 is 19.6 Å². The Labute approximate surface area is 149 Å². The molecular weight excluding hydrogens is 394 g/mol. The summed E-state index contributed by atoms with van der Waals surface area (Å²) in [6.07, 6.45) is 1.12. The number of phenolic OH excluding ortho intramolecular Hbond substituents is 1. The van der Waals surface area contributed by atoms with E-state index < -0.39 is 28.2 Å². The fourth-order valence-electron chi connectivity index (χ4n) is 2.30. The number of phenols is 1. The van der Waals surface area contributed by atoms with Crippen LogP contribution in [0.4, 0.5) is 11.4 Å². The van der Waals surface area contributed by atoms with Crippen molar-refractivity contribution in [3.63, 3.8) is 0 Å². The Morgan fingerprint density at radius 3 is 2.48 bits per heavy atom. The molecule has 1 aliphatic heterocycles. The summed E-state index contributed by atoms with van der Waals surface area (Å²) in [6, 6.07) is 10.5. The Balaban J connectivity index is 1.98. The molecule has 126 valence electrons. The molecule has 0 spiro atoms. The van der Waals surface area contributed by atoms with Gasteiger partial charge in [0.1, 0.15) is 5.57 Å². The van der Waals surface area contributed by atoms with E-state index >= 15 is 0 Å². The van der Waals surface area contributed by atoms with E-state index in [1.54, 1.807) is 24.3 Å². The molecule has 0 radical (unpaired) electrons. The Morgan fingerprint density at radius 2 is 1.84 bits per heavy atom. The van der Waals surface area contributed by atoms with E-state index in [9.17, 15) is 24.8 Å². The number of benzene rings is 2. The van der Waals surface area contributed by atoms with Gasteiger partial charge in [-0.05, 0) is 30.3 Å². The van der Waals surface area contributed by atoms with Crippen LogP contribution in [0.1, 0.15) is 5.56 Å². The molecule has 0 aromatic heterocycles. The molecule has 2 aromatic carbocycles. The summed E-state index contributed by atoms with van der Waals surface area (Å²) in [5.41, 5.74) is 2.12. The van der Waals surface area contributed by atoms with Crippen molar-refractivity contribution in [2.45, 2.75) is 0 Å². The molecule has 2 N–H and O–H groups in total. The smallest absolute Gasteiger partial charge is 0.311 e. The topological polar surface area (TPSA) is 113 Å². The average Bonchev–Trinajstić information content (AvgIpc) is 2.85. The maximum atomic E-state index is 12.5. The van der Waals surface area contributed by atoms with Gasteiger partial charge >= 0.3 is 5.69 Å². The third-order valence-electron chi connectivity index (χ3n) is 3.52. The monoisotopic (exact) mass is 403 g/mol. The average molecular weight is 404 g/mol. The largest absolute Gasteiger partial charge is 0.502 e. The Kier molecular flexibility index (Phi) is 4.24. The predicted octanol–water partition coefficient (Wildman–Crippen LogP) is 2.52. The van der Waals surface area contributed by atoms with Gasteiger partial charge < -0.3 is 5.11 Å². The third kappa shape index (κ3) is 3.09. The summed E-state index contributed by atoms with van der Waals surface area (Å²) >= 11 is 3.28. The molecule has 0 atom stereocenters. The maximum absolute atomic E-state index is 12.5. The number of hydrogen-bond acceptors (Lipinski definition) is 5. The van der Waals surface area contributed by atoms with Crippen molar-refractivity contribution in [3.8, 4) is 5.75 Å². The first-order valence-electron chi connectivity index (χ1n) is 6.97. The number of halogens is 1.